The van der Waals surface area contributed by atoms with Crippen molar-refractivity contribution in [2.75, 3.05) is 13.1 Å². The fraction of sp³-hybridized carbons (Fsp3) is 1.00. The molecule has 1 aliphatic rings. The minimum atomic E-state index is -3.15. The first-order valence-corrected chi connectivity index (χ1v) is 10.1. The topological polar surface area (TPSA) is 49.4 Å². The van der Waals surface area contributed by atoms with E-state index in [-0.39, 0.29) is 16.8 Å². The number of rotatable bonds is 8. The van der Waals surface area contributed by atoms with Crippen molar-refractivity contribution in [2.24, 2.45) is 0 Å². The van der Waals surface area contributed by atoms with Crippen molar-refractivity contribution in [3.05, 3.63) is 0 Å². The van der Waals surface area contributed by atoms with Crippen LogP contribution < -0.4 is 4.72 Å². The van der Waals surface area contributed by atoms with Gasteiger partial charge in [-0.05, 0) is 59.5 Å². The van der Waals surface area contributed by atoms with Gasteiger partial charge in [0.2, 0.25) is 10.0 Å². The lowest BCUT2D eigenvalue weighted by Gasteiger charge is -2.45. The molecular formula is C16H34N2O2S. The second kappa shape index (κ2) is 7.93. The van der Waals surface area contributed by atoms with Gasteiger partial charge in [-0.25, -0.2) is 13.1 Å². The van der Waals surface area contributed by atoms with Crippen molar-refractivity contribution in [1.82, 2.24) is 9.62 Å². The van der Waals surface area contributed by atoms with E-state index in [1.165, 1.54) is 25.7 Å². The minimum absolute atomic E-state index is 0.0153. The molecule has 1 heterocycles. The monoisotopic (exact) mass is 318 g/mol. The lowest BCUT2D eigenvalue weighted by atomic mass is 9.87. The van der Waals surface area contributed by atoms with Gasteiger partial charge >= 0.3 is 0 Å². The molecule has 0 aromatic rings. The van der Waals surface area contributed by atoms with E-state index in [1.54, 1.807) is 0 Å². The van der Waals surface area contributed by atoms with Crippen molar-refractivity contribution < 1.29 is 8.42 Å². The van der Waals surface area contributed by atoms with E-state index in [9.17, 15) is 8.42 Å². The van der Waals surface area contributed by atoms with E-state index in [0.717, 1.165) is 25.9 Å². The molecule has 5 heteroatoms. The van der Waals surface area contributed by atoms with Crippen LogP contribution in [0.1, 0.15) is 73.1 Å². The number of nitrogens with zero attached hydrogens (tertiary/aromatic N) is 1. The summed E-state index contributed by atoms with van der Waals surface area (Å²) >= 11 is 0. The number of hydrogen-bond acceptors (Lipinski definition) is 3. The van der Waals surface area contributed by atoms with Crippen LogP contribution in [-0.2, 0) is 10.0 Å². The molecular weight excluding hydrogens is 284 g/mol. The summed E-state index contributed by atoms with van der Waals surface area (Å²) in [4.78, 5) is 2.53. The standard InChI is InChI=1S/C16H34N2O2S/c1-6-10-16(5,11-7-2)18-12-8-15(9-13-18)21(19,20)17-14(3)4/h14-15,17H,6-13H2,1-5H3. The first-order chi connectivity index (χ1) is 9.75. The predicted octanol–water partition coefficient (Wildman–Crippen LogP) is 3.14. The van der Waals surface area contributed by atoms with Crippen LogP contribution in [0.2, 0.25) is 0 Å². The van der Waals surface area contributed by atoms with Crippen LogP contribution in [0.4, 0.5) is 0 Å². The highest BCUT2D eigenvalue weighted by molar-refractivity contribution is 7.90. The summed E-state index contributed by atoms with van der Waals surface area (Å²) < 4.78 is 27.3. The smallest absolute Gasteiger partial charge is 0.214 e. The van der Waals surface area contributed by atoms with Crippen LogP contribution in [0, 0.1) is 0 Å². The van der Waals surface area contributed by atoms with Crippen LogP contribution in [0.15, 0.2) is 0 Å². The Morgan fingerprint density at radius 2 is 1.62 bits per heavy atom. The van der Waals surface area contributed by atoms with Crippen LogP contribution in [-0.4, -0.2) is 43.2 Å². The summed E-state index contributed by atoms with van der Waals surface area (Å²) in [6, 6.07) is -0.0153. The van der Waals surface area contributed by atoms with E-state index in [0.29, 0.717) is 0 Å². The fourth-order valence-corrected chi connectivity index (χ4v) is 5.33. The zero-order valence-electron chi connectivity index (χ0n) is 14.5. The van der Waals surface area contributed by atoms with Crippen LogP contribution >= 0.6 is 0 Å². The summed E-state index contributed by atoms with van der Waals surface area (Å²) in [5.74, 6) is 0. The summed E-state index contributed by atoms with van der Waals surface area (Å²) in [5.41, 5.74) is 0.240. The maximum atomic E-state index is 12.3. The fourth-order valence-electron chi connectivity index (χ4n) is 3.65. The number of piperidine rings is 1. The van der Waals surface area contributed by atoms with Gasteiger partial charge in [0.05, 0.1) is 5.25 Å². The average molecular weight is 319 g/mol. The second-order valence-electron chi connectivity index (χ2n) is 7.00. The zero-order valence-corrected chi connectivity index (χ0v) is 15.3. The minimum Gasteiger partial charge on any atom is -0.298 e. The third kappa shape index (κ3) is 5.22. The predicted molar refractivity (Wildman–Crippen MR) is 90.0 cm³/mol. The Kier molecular flexibility index (Phi) is 7.14. The highest BCUT2D eigenvalue weighted by Crippen LogP contribution is 2.31. The van der Waals surface area contributed by atoms with Gasteiger partial charge in [0, 0.05) is 11.6 Å². The number of hydrogen-bond donors (Lipinski definition) is 1. The Hall–Kier alpha value is -0.130. The van der Waals surface area contributed by atoms with Gasteiger partial charge in [-0.3, -0.25) is 4.90 Å². The number of nitrogens with one attached hydrogen (secondary N) is 1. The lowest BCUT2D eigenvalue weighted by molar-refractivity contribution is 0.0648. The number of sulfonamides is 1. The second-order valence-corrected chi connectivity index (χ2v) is 8.99. The zero-order chi connectivity index (χ0) is 16.1. The maximum absolute atomic E-state index is 12.3. The van der Waals surface area contributed by atoms with Gasteiger partial charge in [0.25, 0.3) is 0 Å². The van der Waals surface area contributed by atoms with E-state index in [4.69, 9.17) is 0 Å². The molecule has 0 aliphatic carbocycles. The van der Waals surface area contributed by atoms with Crippen molar-refractivity contribution in [2.45, 2.75) is 90.0 Å². The van der Waals surface area contributed by atoms with Crippen molar-refractivity contribution in [3.63, 3.8) is 0 Å². The van der Waals surface area contributed by atoms with E-state index < -0.39 is 10.0 Å². The van der Waals surface area contributed by atoms with Gasteiger partial charge in [-0.15, -0.1) is 0 Å². The number of likely N-dealkylation sites (tertiary alicyclic amines) is 1. The molecule has 0 unspecified atom stereocenters. The molecule has 21 heavy (non-hydrogen) atoms. The summed E-state index contributed by atoms with van der Waals surface area (Å²) in [5, 5.41) is -0.219. The molecule has 0 saturated carbocycles. The molecule has 0 spiro atoms. The van der Waals surface area contributed by atoms with Crippen LogP contribution in [0.5, 0.6) is 0 Å². The molecule has 1 N–H and O–H groups in total. The Labute approximate surface area is 131 Å². The third-order valence-electron chi connectivity index (χ3n) is 4.62. The molecule has 1 fully saturated rings. The average Bonchev–Trinajstić information content (AvgIpc) is 2.38. The Bertz CT molecular complexity index is 393. The largest absolute Gasteiger partial charge is 0.298 e. The van der Waals surface area contributed by atoms with E-state index in [2.05, 4.69) is 30.4 Å². The van der Waals surface area contributed by atoms with Crippen LogP contribution in [0.3, 0.4) is 0 Å². The maximum Gasteiger partial charge on any atom is 0.214 e. The molecule has 0 radical (unpaired) electrons. The van der Waals surface area contributed by atoms with Gasteiger partial charge < -0.3 is 0 Å². The quantitative estimate of drug-likeness (QED) is 0.748. The van der Waals surface area contributed by atoms with Gasteiger partial charge in [-0.2, -0.15) is 0 Å². The first-order valence-electron chi connectivity index (χ1n) is 8.51. The molecule has 1 aliphatic heterocycles. The lowest BCUT2D eigenvalue weighted by Crippen LogP contribution is -2.53. The van der Waals surface area contributed by atoms with Gasteiger partial charge in [0.1, 0.15) is 0 Å². The van der Waals surface area contributed by atoms with E-state index in [1.807, 2.05) is 13.8 Å². The highest BCUT2D eigenvalue weighted by Gasteiger charge is 2.36. The molecule has 0 atom stereocenters. The van der Waals surface area contributed by atoms with Gasteiger partial charge in [-0.1, -0.05) is 26.7 Å². The van der Waals surface area contributed by atoms with Crippen molar-refractivity contribution in [1.29, 1.82) is 0 Å². The molecule has 0 bridgehead atoms. The molecule has 0 aromatic carbocycles. The van der Waals surface area contributed by atoms with Crippen LogP contribution in [0.25, 0.3) is 0 Å². The molecule has 1 saturated heterocycles. The molecule has 126 valence electrons. The molecule has 0 amide bonds. The van der Waals surface area contributed by atoms with E-state index >= 15 is 0 Å². The molecule has 1 rings (SSSR count). The SMILES string of the molecule is CCCC(C)(CCC)N1CCC(S(=O)(=O)NC(C)C)CC1. The Balaban J connectivity index is 2.66. The van der Waals surface area contributed by atoms with Crippen molar-refractivity contribution in [3.8, 4) is 0 Å². The van der Waals surface area contributed by atoms with Crippen molar-refractivity contribution >= 4 is 10.0 Å². The summed E-state index contributed by atoms with van der Waals surface area (Å²) in [6.45, 7) is 12.4. The normalized spacial score (nSPS) is 19.3. The summed E-state index contributed by atoms with van der Waals surface area (Å²) in [6.07, 6.45) is 6.27. The highest BCUT2D eigenvalue weighted by atomic mass is 32.2. The third-order valence-corrected chi connectivity index (χ3v) is 6.77. The Morgan fingerprint density at radius 3 is 2.00 bits per heavy atom. The van der Waals surface area contributed by atoms with Gasteiger partial charge in [0.15, 0.2) is 0 Å². The summed E-state index contributed by atoms with van der Waals surface area (Å²) in [7, 11) is -3.15. The Morgan fingerprint density at radius 1 is 1.14 bits per heavy atom. The molecule has 4 nitrogen and oxygen atoms in total. The first kappa shape index (κ1) is 18.9. The molecule has 0 aromatic heterocycles.